The van der Waals surface area contributed by atoms with E-state index >= 15 is 0 Å². The fourth-order valence-corrected chi connectivity index (χ4v) is 2.23. The number of nitrogens with two attached hydrogens (primary N) is 1. The number of aromatic nitrogens is 1. The number of aryl methyl sites for hydroxylation is 1. The van der Waals surface area contributed by atoms with Crippen LogP contribution in [-0.2, 0) is 4.74 Å². The number of benzene rings is 1. The second-order valence-corrected chi connectivity index (χ2v) is 4.63. The number of ether oxygens (including phenoxy) is 2. The Kier molecular flexibility index (Phi) is 2.80. The molecule has 1 aliphatic heterocycles. The van der Waals surface area contributed by atoms with Gasteiger partial charge in [-0.05, 0) is 25.1 Å². The Morgan fingerprint density at radius 3 is 3.06 bits per heavy atom. The van der Waals surface area contributed by atoms with Crippen LogP contribution in [0.2, 0.25) is 0 Å². The molecule has 0 aliphatic carbocycles. The minimum absolute atomic E-state index is 0.144. The van der Waals surface area contributed by atoms with Gasteiger partial charge in [0, 0.05) is 34.8 Å². The third-order valence-electron chi connectivity index (χ3n) is 3.21. The first-order valence-corrected chi connectivity index (χ1v) is 6.13. The zero-order valence-corrected chi connectivity index (χ0v) is 10.3. The number of anilines is 1. The summed E-state index contributed by atoms with van der Waals surface area (Å²) < 4.78 is 11.3. The van der Waals surface area contributed by atoms with Crippen molar-refractivity contribution >= 4 is 16.5 Å². The maximum atomic E-state index is 5.99. The highest BCUT2D eigenvalue weighted by molar-refractivity contribution is 5.96. The van der Waals surface area contributed by atoms with Crippen LogP contribution in [0.4, 0.5) is 5.69 Å². The van der Waals surface area contributed by atoms with Crippen molar-refractivity contribution < 1.29 is 9.47 Å². The van der Waals surface area contributed by atoms with E-state index in [1.807, 2.05) is 25.1 Å². The summed E-state index contributed by atoms with van der Waals surface area (Å²) >= 11 is 0. The highest BCUT2D eigenvalue weighted by atomic mass is 16.5. The molecule has 0 bridgehead atoms. The van der Waals surface area contributed by atoms with E-state index in [1.165, 1.54) is 0 Å². The van der Waals surface area contributed by atoms with Gasteiger partial charge in [-0.1, -0.05) is 0 Å². The quantitative estimate of drug-likeness (QED) is 0.823. The lowest BCUT2D eigenvalue weighted by atomic mass is 10.1. The second-order valence-electron chi connectivity index (χ2n) is 4.63. The van der Waals surface area contributed by atoms with Crippen molar-refractivity contribution in [2.45, 2.75) is 19.4 Å². The van der Waals surface area contributed by atoms with Gasteiger partial charge in [0.1, 0.15) is 11.9 Å². The van der Waals surface area contributed by atoms with Gasteiger partial charge in [0.25, 0.3) is 0 Å². The van der Waals surface area contributed by atoms with Gasteiger partial charge in [-0.2, -0.15) is 0 Å². The Morgan fingerprint density at radius 1 is 1.39 bits per heavy atom. The van der Waals surface area contributed by atoms with Crippen molar-refractivity contribution in [1.29, 1.82) is 0 Å². The molecule has 2 N–H and O–H groups in total. The average molecular weight is 244 g/mol. The van der Waals surface area contributed by atoms with Gasteiger partial charge in [-0.25, -0.2) is 0 Å². The zero-order chi connectivity index (χ0) is 12.5. The number of fused-ring (bicyclic) bond motifs is 1. The van der Waals surface area contributed by atoms with Crippen LogP contribution in [0.3, 0.4) is 0 Å². The van der Waals surface area contributed by atoms with Gasteiger partial charge in [-0.15, -0.1) is 0 Å². The van der Waals surface area contributed by atoms with Crippen molar-refractivity contribution in [2.24, 2.45) is 0 Å². The molecule has 4 nitrogen and oxygen atoms in total. The van der Waals surface area contributed by atoms with E-state index in [2.05, 4.69) is 4.98 Å². The summed E-state index contributed by atoms with van der Waals surface area (Å²) in [4.78, 5) is 4.28. The van der Waals surface area contributed by atoms with E-state index in [0.717, 1.165) is 40.9 Å². The minimum atomic E-state index is 0.144. The lowest BCUT2D eigenvalue weighted by molar-refractivity contribution is 0.142. The third-order valence-corrected chi connectivity index (χ3v) is 3.21. The first kappa shape index (κ1) is 11.3. The SMILES string of the molecule is Cc1cc2c(OC3CCOC3)ccc(N)c2cn1. The lowest BCUT2D eigenvalue weighted by Gasteiger charge is -2.15. The van der Waals surface area contributed by atoms with Crippen molar-refractivity contribution in [3.05, 3.63) is 30.1 Å². The lowest BCUT2D eigenvalue weighted by Crippen LogP contribution is -2.15. The fraction of sp³-hybridized carbons (Fsp3) is 0.357. The van der Waals surface area contributed by atoms with E-state index in [1.54, 1.807) is 6.20 Å². The third kappa shape index (κ3) is 1.99. The van der Waals surface area contributed by atoms with Crippen LogP contribution in [0, 0.1) is 6.92 Å². The largest absolute Gasteiger partial charge is 0.487 e. The standard InChI is InChI=1S/C14H16N2O2/c1-9-6-11-12(7-16-9)13(15)2-3-14(11)18-10-4-5-17-8-10/h2-3,6-7,10H,4-5,8,15H2,1H3. The van der Waals surface area contributed by atoms with Crippen molar-refractivity contribution in [3.63, 3.8) is 0 Å². The van der Waals surface area contributed by atoms with E-state index in [0.29, 0.717) is 6.61 Å². The Balaban J connectivity index is 2.05. The van der Waals surface area contributed by atoms with Crippen LogP contribution >= 0.6 is 0 Å². The van der Waals surface area contributed by atoms with Gasteiger partial charge in [0.15, 0.2) is 0 Å². The summed E-state index contributed by atoms with van der Waals surface area (Å²) in [6.07, 6.45) is 2.89. The number of nitrogens with zero attached hydrogens (tertiary/aromatic N) is 1. The molecule has 1 aliphatic rings. The molecule has 1 unspecified atom stereocenters. The number of rotatable bonds is 2. The molecule has 18 heavy (non-hydrogen) atoms. The summed E-state index contributed by atoms with van der Waals surface area (Å²) in [5, 5.41) is 1.96. The monoisotopic (exact) mass is 244 g/mol. The number of hydrogen-bond donors (Lipinski definition) is 1. The van der Waals surface area contributed by atoms with E-state index in [4.69, 9.17) is 15.2 Å². The van der Waals surface area contributed by atoms with Crippen LogP contribution < -0.4 is 10.5 Å². The summed E-state index contributed by atoms with van der Waals surface area (Å²) in [6.45, 7) is 3.40. The van der Waals surface area contributed by atoms with Crippen molar-refractivity contribution in [1.82, 2.24) is 4.98 Å². The molecule has 1 fully saturated rings. The van der Waals surface area contributed by atoms with Crippen LogP contribution in [0.5, 0.6) is 5.75 Å². The molecule has 0 radical (unpaired) electrons. The van der Waals surface area contributed by atoms with Crippen molar-refractivity contribution in [3.8, 4) is 5.75 Å². The first-order valence-electron chi connectivity index (χ1n) is 6.13. The summed E-state index contributed by atoms with van der Waals surface area (Å²) in [5.41, 5.74) is 7.65. The predicted octanol–water partition coefficient (Wildman–Crippen LogP) is 2.29. The Hall–Kier alpha value is -1.81. The molecule has 1 atom stereocenters. The molecular formula is C14H16N2O2. The van der Waals surface area contributed by atoms with Gasteiger partial charge in [-0.3, -0.25) is 4.98 Å². The number of nitrogen functional groups attached to an aromatic ring is 1. The highest BCUT2D eigenvalue weighted by Gasteiger charge is 2.18. The van der Waals surface area contributed by atoms with Crippen LogP contribution in [-0.4, -0.2) is 24.3 Å². The molecule has 1 saturated heterocycles. The zero-order valence-electron chi connectivity index (χ0n) is 10.3. The molecule has 1 aromatic heterocycles. The topological polar surface area (TPSA) is 57.4 Å². The van der Waals surface area contributed by atoms with Crippen LogP contribution in [0.1, 0.15) is 12.1 Å². The number of hydrogen-bond acceptors (Lipinski definition) is 4. The summed E-state index contributed by atoms with van der Waals surface area (Å²) in [5.74, 6) is 0.861. The van der Waals surface area contributed by atoms with E-state index in [9.17, 15) is 0 Å². The molecule has 2 aromatic rings. The fourth-order valence-electron chi connectivity index (χ4n) is 2.23. The molecule has 0 saturated carbocycles. The van der Waals surface area contributed by atoms with Crippen LogP contribution in [0.25, 0.3) is 10.8 Å². The first-order chi connectivity index (χ1) is 8.74. The summed E-state index contributed by atoms with van der Waals surface area (Å²) in [7, 11) is 0. The summed E-state index contributed by atoms with van der Waals surface area (Å²) in [6, 6.07) is 5.80. The Morgan fingerprint density at radius 2 is 2.28 bits per heavy atom. The molecular weight excluding hydrogens is 228 g/mol. The van der Waals surface area contributed by atoms with Gasteiger partial charge in [0.2, 0.25) is 0 Å². The molecule has 1 aromatic carbocycles. The van der Waals surface area contributed by atoms with E-state index < -0.39 is 0 Å². The normalized spacial score (nSPS) is 19.3. The van der Waals surface area contributed by atoms with E-state index in [-0.39, 0.29) is 6.10 Å². The minimum Gasteiger partial charge on any atom is -0.487 e. The maximum Gasteiger partial charge on any atom is 0.127 e. The number of pyridine rings is 1. The Bertz CT molecular complexity index is 577. The Labute approximate surface area is 106 Å². The molecule has 0 amide bonds. The van der Waals surface area contributed by atoms with Gasteiger partial charge < -0.3 is 15.2 Å². The van der Waals surface area contributed by atoms with Gasteiger partial charge in [0.05, 0.1) is 13.2 Å². The molecule has 0 spiro atoms. The smallest absolute Gasteiger partial charge is 0.127 e. The van der Waals surface area contributed by atoms with Gasteiger partial charge >= 0.3 is 0 Å². The molecule has 3 rings (SSSR count). The maximum absolute atomic E-state index is 5.99. The second kappa shape index (κ2) is 4.46. The van der Waals surface area contributed by atoms with Crippen molar-refractivity contribution in [2.75, 3.05) is 18.9 Å². The average Bonchev–Trinajstić information content (AvgIpc) is 2.86. The molecule has 2 heterocycles. The predicted molar refractivity (Wildman–Crippen MR) is 70.7 cm³/mol. The molecule has 94 valence electrons. The highest BCUT2D eigenvalue weighted by Crippen LogP contribution is 2.31. The van der Waals surface area contributed by atoms with Crippen LogP contribution in [0.15, 0.2) is 24.4 Å². The molecule has 4 heteroatoms.